The SMILES string of the molecule is [2H]C1([2H])N[C@]([2H])([C@]([2H])(C(=O)O)c2ccccc2)C([2H])([2H])C([2H])([2H])C1([2H])[2H]. The summed E-state index contributed by atoms with van der Waals surface area (Å²) in [5.41, 5.74) is -0.382. The molecule has 2 atom stereocenters. The molecule has 0 spiro atoms. The van der Waals surface area contributed by atoms with E-state index in [0.717, 1.165) is 12.1 Å². The third kappa shape index (κ3) is 2.42. The summed E-state index contributed by atoms with van der Waals surface area (Å²) >= 11 is 0. The lowest BCUT2D eigenvalue weighted by molar-refractivity contribution is -0.139. The minimum absolute atomic E-state index is 0.382. The summed E-state index contributed by atoms with van der Waals surface area (Å²) in [7, 11) is 0. The maximum Gasteiger partial charge on any atom is 0.312 e. The first-order chi connectivity index (χ1) is 11.5. The molecule has 0 radical (unpaired) electrons. The Kier molecular flexibility index (Phi) is 1.33. The smallest absolute Gasteiger partial charge is 0.312 e. The van der Waals surface area contributed by atoms with Crippen LogP contribution in [0.25, 0.3) is 0 Å². The molecule has 0 bridgehead atoms. The molecule has 1 aromatic rings. The molecule has 3 nitrogen and oxygen atoms in total. The van der Waals surface area contributed by atoms with E-state index in [1.807, 2.05) is 0 Å². The van der Waals surface area contributed by atoms with Crippen LogP contribution < -0.4 is 5.32 Å². The second-order valence-corrected chi connectivity index (χ2v) is 3.05. The highest BCUT2D eigenvalue weighted by atomic mass is 16.4. The molecule has 2 rings (SSSR count). The van der Waals surface area contributed by atoms with Crippen molar-refractivity contribution in [2.75, 3.05) is 6.50 Å². The van der Waals surface area contributed by atoms with E-state index < -0.39 is 43.5 Å². The molecule has 1 aliphatic rings. The van der Waals surface area contributed by atoms with E-state index in [9.17, 15) is 9.90 Å². The van der Waals surface area contributed by atoms with Gasteiger partial charge in [-0.3, -0.25) is 4.79 Å². The van der Waals surface area contributed by atoms with Crippen molar-refractivity contribution < 1.29 is 23.6 Å². The molecule has 1 heterocycles. The van der Waals surface area contributed by atoms with E-state index in [2.05, 4.69) is 0 Å². The van der Waals surface area contributed by atoms with E-state index in [4.69, 9.17) is 13.7 Å². The van der Waals surface area contributed by atoms with Crippen LogP contribution in [0, 0.1) is 0 Å². The number of hydrogen-bond acceptors (Lipinski definition) is 2. The first-order valence-electron chi connectivity index (χ1n) is 9.59. The van der Waals surface area contributed by atoms with Crippen LogP contribution in [0.3, 0.4) is 0 Å². The molecule has 86 valence electrons. The molecule has 3 heteroatoms. The summed E-state index contributed by atoms with van der Waals surface area (Å²) in [4.78, 5) is 11.9. The quantitative estimate of drug-likeness (QED) is 0.833. The van der Waals surface area contributed by atoms with Crippen LogP contribution in [-0.4, -0.2) is 23.6 Å². The van der Waals surface area contributed by atoms with Gasteiger partial charge in [-0.15, -0.1) is 0 Å². The summed E-state index contributed by atoms with van der Waals surface area (Å²) < 4.78 is 79.7. The van der Waals surface area contributed by atoms with Gasteiger partial charge in [-0.1, -0.05) is 36.7 Å². The minimum atomic E-state index is -3.63. The van der Waals surface area contributed by atoms with Crippen LogP contribution >= 0.6 is 0 Å². The number of nitrogens with one attached hydrogen (secondary N) is 1. The van der Waals surface area contributed by atoms with Gasteiger partial charge >= 0.3 is 5.97 Å². The van der Waals surface area contributed by atoms with Gasteiger partial charge in [-0.25, -0.2) is 0 Å². The van der Waals surface area contributed by atoms with Crippen molar-refractivity contribution in [2.45, 2.75) is 31.0 Å². The van der Waals surface area contributed by atoms with E-state index in [-0.39, 0.29) is 5.56 Å². The number of benzene rings is 1. The lowest BCUT2D eigenvalue weighted by Gasteiger charge is -2.29. The van der Waals surface area contributed by atoms with Crippen LogP contribution in [0.1, 0.15) is 44.3 Å². The van der Waals surface area contributed by atoms with Crippen LogP contribution in [0.5, 0.6) is 0 Å². The van der Waals surface area contributed by atoms with Crippen LogP contribution in [0.2, 0.25) is 0 Å². The minimum Gasteiger partial charge on any atom is -0.481 e. The predicted octanol–water partition coefficient (Wildman–Crippen LogP) is 2.00. The van der Waals surface area contributed by atoms with Gasteiger partial charge in [0.2, 0.25) is 0 Å². The number of rotatable bonds is 3. The average molecular weight is 229 g/mol. The van der Waals surface area contributed by atoms with Crippen molar-refractivity contribution in [1.29, 1.82) is 0 Å². The molecule has 1 aromatic carbocycles. The topological polar surface area (TPSA) is 49.3 Å². The van der Waals surface area contributed by atoms with Crippen molar-refractivity contribution in [2.24, 2.45) is 0 Å². The lowest BCUT2D eigenvalue weighted by atomic mass is 9.86. The van der Waals surface area contributed by atoms with Gasteiger partial charge in [-0.2, -0.15) is 0 Å². The van der Waals surface area contributed by atoms with Gasteiger partial charge in [0.1, 0.15) is 0 Å². The van der Waals surface area contributed by atoms with Gasteiger partial charge in [0.05, 0.1) is 5.89 Å². The maximum atomic E-state index is 11.9. The normalized spacial score (nSPS) is 51.0. The van der Waals surface area contributed by atoms with Crippen molar-refractivity contribution in [1.82, 2.24) is 5.32 Å². The Hall–Kier alpha value is -1.35. The molecule has 1 aliphatic heterocycles. The molecular weight excluding hydrogens is 202 g/mol. The van der Waals surface area contributed by atoms with E-state index in [1.165, 1.54) is 18.2 Å². The fourth-order valence-corrected chi connectivity index (χ4v) is 1.35. The van der Waals surface area contributed by atoms with E-state index >= 15 is 0 Å². The molecule has 0 unspecified atom stereocenters. The number of hydrogen-bond donors (Lipinski definition) is 2. The number of piperidine rings is 1. The Bertz CT molecular complexity index is 725. The van der Waals surface area contributed by atoms with Crippen molar-refractivity contribution in [3.8, 4) is 0 Å². The van der Waals surface area contributed by atoms with Crippen molar-refractivity contribution >= 4 is 5.97 Å². The van der Waals surface area contributed by atoms with Gasteiger partial charge < -0.3 is 10.4 Å². The Morgan fingerprint density at radius 1 is 1.56 bits per heavy atom. The zero-order chi connectivity index (χ0) is 20.4. The first-order valence-corrected chi connectivity index (χ1v) is 4.59. The fourth-order valence-electron chi connectivity index (χ4n) is 1.35. The number of carboxylic acid groups (broad SMARTS) is 1. The maximum absolute atomic E-state index is 11.9. The number of carboxylic acids is 1. The molecule has 0 amide bonds. The van der Waals surface area contributed by atoms with Gasteiger partial charge in [0.25, 0.3) is 0 Å². The molecule has 1 saturated heterocycles. The summed E-state index contributed by atoms with van der Waals surface area (Å²) in [5.74, 6) is -5.20. The average Bonchev–Trinajstić information content (AvgIpc) is 2.52. The second kappa shape index (κ2) is 5.12. The highest BCUT2D eigenvalue weighted by Gasteiger charge is 2.30. The molecule has 1 fully saturated rings. The Balaban J connectivity index is 2.86. The van der Waals surface area contributed by atoms with Crippen molar-refractivity contribution in [3.05, 3.63) is 35.9 Å². The molecule has 0 aromatic heterocycles. The standard InChI is InChI=1S/C13H17NO2/c15-13(16)12(10-6-2-1-3-7-10)11-8-4-5-9-14-11/h1-3,6-7,11-12,14H,4-5,8-9H2,(H,15,16)/t11-,12+/m0/s1/i4D2,5D2,8D2,9D2,11D,12D. The summed E-state index contributed by atoms with van der Waals surface area (Å²) in [6.07, 6.45) is -10.7. The highest BCUT2D eigenvalue weighted by molar-refractivity contribution is 5.77. The van der Waals surface area contributed by atoms with Crippen LogP contribution in [0.15, 0.2) is 30.3 Å². The first kappa shape index (κ1) is 4.15. The lowest BCUT2D eigenvalue weighted by Crippen LogP contribution is -2.41. The molecule has 0 saturated carbocycles. The van der Waals surface area contributed by atoms with Crippen LogP contribution in [-0.2, 0) is 4.79 Å². The van der Waals surface area contributed by atoms with Crippen molar-refractivity contribution in [3.63, 3.8) is 0 Å². The summed E-state index contributed by atoms with van der Waals surface area (Å²) in [6.45, 7) is -3.33. The Morgan fingerprint density at radius 2 is 2.31 bits per heavy atom. The van der Waals surface area contributed by atoms with Gasteiger partial charge in [-0.05, 0) is 24.8 Å². The molecule has 2 N–H and O–H groups in total. The monoisotopic (exact) mass is 229 g/mol. The molecule has 0 aliphatic carbocycles. The third-order valence-corrected chi connectivity index (χ3v) is 2.03. The fraction of sp³-hybridized carbons (Fsp3) is 0.462. The van der Waals surface area contributed by atoms with Gasteiger partial charge in [0.15, 0.2) is 0 Å². The Morgan fingerprint density at radius 3 is 3.00 bits per heavy atom. The second-order valence-electron chi connectivity index (χ2n) is 3.05. The Labute approximate surface area is 110 Å². The van der Waals surface area contributed by atoms with Gasteiger partial charge in [0, 0.05) is 19.7 Å². The van der Waals surface area contributed by atoms with Crippen LogP contribution in [0.4, 0.5) is 0 Å². The summed E-state index contributed by atoms with van der Waals surface area (Å²) in [6, 6.07) is 3.01. The zero-order valence-electron chi connectivity index (χ0n) is 18.2. The predicted molar refractivity (Wildman–Crippen MR) is 62.5 cm³/mol. The molecular formula is C13H17NO2. The third-order valence-electron chi connectivity index (χ3n) is 2.03. The summed E-state index contributed by atoms with van der Waals surface area (Å²) in [5, 5.41) is 11.3. The molecule has 16 heavy (non-hydrogen) atoms. The highest BCUT2D eigenvalue weighted by Crippen LogP contribution is 2.25. The van der Waals surface area contributed by atoms with E-state index in [0.29, 0.717) is 0 Å². The largest absolute Gasteiger partial charge is 0.481 e. The van der Waals surface area contributed by atoms with E-state index in [1.54, 1.807) is 5.32 Å². The number of aliphatic carboxylic acids is 1. The zero-order valence-corrected chi connectivity index (χ0v) is 8.24. The number of carbonyl (C=O) groups is 1.